The number of rotatable bonds is 3. The minimum Gasteiger partial charge on any atom is -0.0926 e. The van der Waals surface area contributed by atoms with Crippen molar-refractivity contribution < 1.29 is 0 Å². The molecule has 0 aromatic heterocycles. The van der Waals surface area contributed by atoms with Gasteiger partial charge in [-0.25, -0.2) is 0 Å². The fraction of sp³-hybridized carbons (Fsp3) is 0. The molecule has 0 saturated heterocycles. The molecule has 0 amide bonds. The molecule has 0 N–H and O–H groups in total. The topological polar surface area (TPSA) is 0 Å². The highest BCUT2D eigenvalue weighted by molar-refractivity contribution is 8.02. The average molecular weight is 259 g/mol. The summed E-state index contributed by atoms with van der Waals surface area (Å²) in [4.78, 5) is 1.18. The summed E-state index contributed by atoms with van der Waals surface area (Å²) in [6.07, 6.45) is 0. The third-order valence-corrected chi connectivity index (χ3v) is 3.26. The van der Waals surface area contributed by atoms with E-state index in [1.807, 2.05) is 53.9 Å². The molecule has 84 valence electrons. The second-order valence-corrected chi connectivity index (χ2v) is 4.69. The first kappa shape index (κ1) is 12.1. The Kier molecular flexibility index (Phi) is 4.52. The van der Waals surface area contributed by atoms with Crippen LogP contribution in [0.25, 0.3) is 5.03 Å². The molecule has 2 aromatic rings. The van der Waals surface area contributed by atoms with Crippen molar-refractivity contribution in [2.75, 3.05) is 0 Å². The fourth-order valence-electron chi connectivity index (χ4n) is 1.32. The smallest absolute Gasteiger partial charge is 0.0902 e. The quantitative estimate of drug-likeness (QED) is 0.541. The molecule has 0 saturated carbocycles. The Morgan fingerprint density at radius 3 is 2.18 bits per heavy atom. The van der Waals surface area contributed by atoms with E-state index in [0.717, 1.165) is 5.56 Å². The van der Waals surface area contributed by atoms with Gasteiger partial charge >= 0.3 is 0 Å². The lowest BCUT2D eigenvalue weighted by atomic mass is 10.2. The molecule has 0 aliphatic heterocycles. The highest BCUT2D eigenvalue weighted by Crippen LogP contribution is 2.21. The van der Waals surface area contributed by atoms with Gasteiger partial charge in [0.15, 0.2) is 0 Å². The van der Waals surface area contributed by atoms with E-state index in [0.29, 0.717) is 5.03 Å². The summed E-state index contributed by atoms with van der Waals surface area (Å²) < 4.78 is 0. The molecule has 0 heterocycles. The summed E-state index contributed by atoms with van der Waals surface area (Å²) >= 11 is 7.74. The van der Waals surface area contributed by atoms with Crippen molar-refractivity contribution in [3.05, 3.63) is 77.4 Å². The van der Waals surface area contributed by atoms with Gasteiger partial charge in [0.05, 0.1) is 5.03 Å². The molecule has 0 fully saturated rings. The third kappa shape index (κ3) is 3.83. The molecule has 2 aromatic carbocycles. The maximum absolute atomic E-state index is 6.13. The Morgan fingerprint density at radius 2 is 1.53 bits per heavy atom. The van der Waals surface area contributed by atoms with Crippen molar-refractivity contribution in [2.24, 2.45) is 0 Å². The number of hydrogen-bond donors (Lipinski definition) is 0. The Labute approximate surface area is 111 Å². The first-order valence-corrected chi connectivity index (χ1v) is 6.50. The van der Waals surface area contributed by atoms with Gasteiger partial charge in [0.25, 0.3) is 0 Å². The lowest BCUT2D eigenvalue weighted by Gasteiger charge is -1.94. The maximum atomic E-state index is 6.13. The van der Waals surface area contributed by atoms with E-state index in [2.05, 4.69) is 17.9 Å². The first-order valence-electron chi connectivity index (χ1n) is 5.24. The van der Waals surface area contributed by atoms with E-state index in [1.54, 1.807) is 11.8 Å². The van der Waals surface area contributed by atoms with Crippen LogP contribution in [0.1, 0.15) is 5.56 Å². The van der Waals surface area contributed by atoms with E-state index >= 15 is 0 Å². The second-order valence-electron chi connectivity index (χ2n) is 3.37. The van der Waals surface area contributed by atoms with Gasteiger partial charge in [-0.15, -0.1) is 0 Å². The highest BCUT2D eigenvalue weighted by Gasteiger charge is 1.93. The lowest BCUT2D eigenvalue weighted by molar-refractivity contribution is 1.47. The van der Waals surface area contributed by atoms with Crippen molar-refractivity contribution in [1.82, 2.24) is 0 Å². The average Bonchev–Trinajstić information content (AvgIpc) is 2.41. The van der Waals surface area contributed by atoms with E-state index in [4.69, 9.17) is 11.6 Å². The Morgan fingerprint density at radius 1 is 0.941 bits per heavy atom. The van der Waals surface area contributed by atoms with E-state index < -0.39 is 0 Å². The minimum absolute atomic E-state index is 0.633. The largest absolute Gasteiger partial charge is 0.0926 e. The van der Waals surface area contributed by atoms with Gasteiger partial charge in [0.1, 0.15) is 0 Å². The second kappa shape index (κ2) is 6.36. The predicted molar refractivity (Wildman–Crippen MR) is 76.1 cm³/mol. The van der Waals surface area contributed by atoms with Crippen LogP contribution in [0.4, 0.5) is 0 Å². The van der Waals surface area contributed by atoms with Crippen LogP contribution in [0.15, 0.2) is 76.7 Å². The van der Waals surface area contributed by atoms with Crippen LogP contribution in [-0.2, 0) is 0 Å². The van der Waals surface area contributed by atoms with Crippen LogP contribution in [0, 0.1) is 0 Å². The zero-order valence-electron chi connectivity index (χ0n) is 9.14. The number of benzene rings is 2. The van der Waals surface area contributed by atoms with Crippen molar-refractivity contribution in [3.8, 4) is 0 Å². The maximum Gasteiger partial charge on any atom is 0.0902 e. The molecule has 0 spiro atoms. The molecule has 17 heavy (non-hydrogen) atoms. The number of hydrogen-bond acceptors (Lipinski definition) is 1. The summed E-state index contributed by atoms with van der Waals surface area (Å²) in [5.41, 5.74) is 4.05. The van der Waals surface area contributed by atoms with Crippen molar-refractivity contribution in [3.63, 3.8) is 0 Å². The molecule has 0 aliphatic rings. The van der Waals surface area contributed by atoms with Crippen LogP contribution in [-0.4, -0.2) is 0 Å². The normalized spacial score (nSPS) is 9.47. The summed E-state index contributed by atoms with van der Waals surface area (Å²) in [6.45, 7) is 0. The molecule has 2 heteroatoms. The van der Waals surface area contributed by atoms with Crippen LogP contribution in [0.2, 0.25) is 0 Å². The molecular formula is C15H11ClS. The minimum atomic E-state index is 0.633. The van der Waals surface area contributed by atoms with Gasteiger partial charge in [-0.3, -0.25) is 0 Å². The summed E-state index contributed by atoms with van der Waals surface area (Å²) in [7, 11) is 0. The molecular weight excluding hydrogens is 248 g/mol. The molecule has 0 nitrogen and oxygen atoms in total. The molecule has 0 aliphatic carbocycles. The number of halogens is 1. The Balaban J connectivity index is 2.10. The Hall–Kier alpha value is -1.40. The SMILES string of the molecule is ClC(=C=CSc1ccccc1)c1ccccc1. The zero-order valence-corrected chi connectivity index (χ0v) is 10.7. The molecule has 2 rings (SSSR count). The highest BCUT2D eigenvalue weighted by atomic mass is 35.5. The van der Waals surface area contributed by atoms with Crippen LogP contribution < -0.4 is 0 Å². The predicted octanol–water partition coefficient (Wildman–Crippen LogP) is 5.17. The summed E-state index contributed by atoms with van der Waals surface area (Å²) in [5.74, 6) is 0. The van der Waals surface area contributed by atoms with Crippen molar-refractivity contribution >= 4 is 28.4 Å². The van der Waals surface area contributed by atoms with Gasteiger partial charge in [0, 0.05) is 15.9 Å². The molecule has 0 unspecified atom stereocenters. The van der Waals surface area contributed by atoms with Crippen molar-refractivity contribution in [2.45, 2.75) is 4.90 Å². The summed E-state index contributed by atoms with van der Waals surface area (Å²) in [6, 6.07) is 20.0. The molecule has 0 radical (unpaired) electrons. The molecule has 0 bridgehead atoms. The van der Waals surface area contributed by atoms with Gasteiger partial charge in [0.2, 0.25) is 0 Å². The van der Waals surface area contributed by atoms with E-state index in [-0.39, 0.29) is 0 Å². The van der Waals surface area contributed by atoms with Crippen LogP contribution in [0.5, 0.6) is 0 Å². The van der Waals surface area contributed by atoms with Gasteiger partial charge in [-0.05, 0) is 12.1 Å². The first-order chi connectivity index (χ1) is 8.36. The van der Waals surface area contributed by atoms with Crippen LogP contribution >= 0.6 is 23.4 Å². The summed E-state index contributed by atoms with van der Waals surface area (Å²) in [5, 5.41) is 2.51. The van der Waals surface area contributed by atoms with E-state index in [9.17, 15) is 0 Å². The lowest BCUT2D eigenvalue weighted by Crippen LogP contribution is -1.72. The zero-order chi connectivity index (χ0) is 11.9. The standard InChI is InChI=1S/C15H11ClS/c16-15(13-7-3-1-4-8-13)11-12-17-14-9-5-2-6-10-14/h1-10,12H. The van der Waals surface area contributed by atoms with Crippen molar-refractivity contribution in [1.29, 1.82) is 0 Å². The van der Waals surface area contributed by atoms with Gasteiger partial charge < -0.3 is 0 Å². The van der Waals surface area contributed by atoms with Gasteiger partial charge in [-0.2, -0.15) is 0 Å². The monoisotopic (exact) mass is 258 g/mol. The number of thioether (sulfide) groups is 1. The third-order valence-electron chi connectivity index (χ3n) is 2.15. The van der Waals surface area contributed by atoms with Gasteiger partial charge in [-0.1, -0.05) is 77.6 Å². The fourth-order valence-corrected chi connectivity index (χ4v) is 2.19. The van der Waals surface area contributed by atoms with Crippen LogP contribution in [0.3, 0.4) is 0 Å². The molecule has 0 atom stereocenters. The van der Waals surface area contributed by atoms with E-state index in [1.165, 1.54) is 4.90 Å². The Bertz CT molecular complexity index is 525.